The van der Waals surface area contributed by atoms with Gasteiger partial charge in [0.2, 0.25) is 0 Å². The Hall–Kier alpha value is -2.34. The topological polar surface area (TPSA) is 52.5 Å². The molecule has 0 bridgehead atoms. The number of nitrogens with one attached hydrogen (secondary N) is 1. The van der Waals surface area contributed by atoms with Crippen LogP contribution in [0.25, 0.3) is 5.57 Å². The largest absolute Gasteiger partial charge is 0.345 e. The SMILES string of the molecule is C=C(c1ccc(C#N)cc1)c1ncc[nH]1. The molecule has 0 fully saturated rings. The predicted molar refractivity (Wildman–Crippen MR) is 57.9 cm³/mol. The number of rotatable bonds is 2. The van der Waals surface area contributed by atoms with E-state index in [1.807, 2.05) is 12.1 Å². The lowest BCUT2D eigenvalue weighted by molar-refractivity contribution is 1.24. The monoisotopic (exact) mass is 195 g/mol. The Bertz CT molecular complexity index is 501. The van der Waals surface area contributed by atoms with Gasteiger partial charge < -0.3 is 4.98 Å². The van der Waals surface area contributed by atoms with Crippen molar-refractivity contribution in [3.05, 3.63) is 60.2 Å². The molecule has 0 unspecified atom stereocenters. The smallest absolute Gasteiger partial charge is 0.137 e. The maximum Gasteiger partial charge on any atom is 0.137 e. The molecule has 15 heavy (non-hydrogen) atoms. The van der Waals surface area contributed by atoms with Gasteiger partial charge in [0.05, 0.1) is 11.6 Å². The molecular formula is C12H9N3. The molecule has 0 atom stereocenters. The van der Waals surface area contributed by atoms with E-state index in [4.69, 9.17) is 5.26 Å². The van der Waals surface area contributed by atoms with E-state index in [1.54, 1.807) is 24.5 Å². The zero-order valence-electron chi connectivity index (χ0n) is 8.07. The van der Waals surface area contributed by atoms with Gasteiger partial charge in [-0.05, 0) is 17.7 Å². The fourth-order valence-electron chi connectivity index (χ4n) is 1.31. The van der Waals surface area contributed by atoms with Crippen molar-refractivity contribution in [3.63, 3.8) is 0 Å². The minimum absolute atomic E-state index is 0.644. The first-order valence-corrected chi connectivity index (χ1v) is 4.50. The fourth-order valence-corrected chi connectivity index (χ4v) is 1.31. The van der Waals surface area contributed by atoms with Crippen molar-refractivity contribution in [2.45, 2.75) is 0 Å². The van der Waals surface area contributed by atoms with Crippen LogP contribution in [0.1, 0.15) is 17.0 Å². The van der Waals surface area contributed by atoms with Gasteiger partial charge in [0.1, 0.15) is 5.82 Å². The lowest BCUT2D eigenvalue weighted by Gasteiger charge is -2.01. The molecule has 0 radical (unpaired) electrons. The summed E-state index contributed by atoms with van der Waals surface area (Å²) in [6.07, 6.45) is 3.44. The first kappa shape index (κ1) is 9.22. The van der Waals surface area contributed by atoms with Gasteiger partial charge >= 0.3 is 0 Å². The number of benzene rings is 1. The molecule has 1 aromatic heterocycles. The van der Waals surface area contributed by atoms with E-state index in [0.29, 0.717) is 5.56 Å². The van der Waals surface area contributed by atoms with Gasteiger partial charge in [0.15, 0.2) is 0 Å². The average Bonchev–Trinajstić information content (AvgIpc) is 2.82. The third-order valence-corrected chi connectivity index (χ3v) is 2.15. The quantitative estimate of drug-likeness (QED) is 0.799. The van der Waals surface area contributed by atoms with Gasteiger partial charge in [0, 0.05) is 18.0 Å². The van der Waals surface area contributed by atoms with Crippen LogP contribution in [0.15, 0.2) is 43.2 Å². The normalized spacial score (nSPS) is 9.53. The molecule has 1 aromatic carbocycles. The summed E-state index contributed by atoms with van der Waals surface area (Å²) in [5, 5.41) is 8.66. The van der Waals surface area contributed by atoms with Crippen molar-refractivity contribution in [1.82, 2.24) is 9.97 Å². The Balaban J connectivity index is 2.32. The summed E-state index contributed by atoms with van der Waals surface area (Å²) in [5.41, 5.74) is 2.43. The Morgan fingerprint density at radius 2 is 2.07 bits per heavy atom. The molecule has 0 aliphatic carbocycles. The Labute approximate surface area is 87.7 Å². The Morgan fingerprint density at radius 3 is 2.60 bits per heavy atom. The minimum Gasteiger partial charge on any atom is -0.345 e. The average molecular weight is 195 g/mol. The van der Waals surface area contributed by atoms with Crippen molar-refractivity contribution in [2.75, 3.05) is 0 Å². The van der Waals surface area contributed by atoms with Crippen LogP contribution in [0, 0.1) is 11.3 Å². The summed E-state index contributed by atoms with van der Waals surface area (Å²) >= 11 is 0. The van der Waals surface area contributed by atoms with Crippen LogP contribution < -0.4 is 0 Å². The van der Waals surface area contributed by atoms with Crippen LogP contribution in [0.3, 0.4) is 0 Å². The van der Waals surface area contributed by atoms with Gasteiger partial charge in [-0.2, -0.15) is 5.26 Å². The number of aromatic nitrogens is 2. The van der Waals surface area contributed by atoms with Crippen molar-refractivity contribution in [2.24, 2.45) is 0 Å². The molecule has 2 rings (SSSR count). The van der Waals surface area contributed by atoms with Crippen LogP contribution in [0.5, 0.6) is 0 Å². The fraction of sp³-hybridized carbons (Fsp3) is 0. The van der Waals surface area contributed by atoms with Crippen LogP contribution in [0.2, 0.25) is 0 Å². The zero-order valence-corrected chi connectivity index (χ0v) is 8.07. The molecule has 3 heteroatoms. The van der Waals surface area contributed by atoms with Crippen LogP contribution in [-0.4, -0.2) is 9.97 Å². The molecule has 3 nitrogen and oxygen atoms in total. The second-order valence-corrected chi connectivity index (χ2v) is 3.11. The maximum atomic E-state index is 8.66. The number of hydrogen-bond donors (Lipinski definition) is 1. The number of imidazole rings is 1. The summed E-state index contributed by atoms with van der Waals surface area (Å²) < 4.78 is 0. The number of hydrogen-bond acceptors (Lipinski definition) is 2. The van der Waals surface area contributed by atoms with Crippen molar-refractivity contribution in [3.8, 4) is 6.07 Å². The van der Waals surface area contributed by atoms with Crippen molar-refractivity contribution >= 4 is 5.57 Å². The minimum atomic E-state index is 0.644. The summed E-state index contributed by atoms with van der Waals surface area (Å²) in [7, 11) is 0. The van der Waals surface area contributed by atoms with Crippen molar-refractivity contribution < 1.29 is 0 Å². The van der Waals surface area contributed by atoms with Gasteiger partial charge in [0.25, 0.3) is 0 Å². The molecule has 0 amide bonds. The van der Waals surface area contributed by atoms with E-state index in [-0.39, 0.29) is 0 Å². The van der Waals surface area contributed by atoms with Crippen LogP contribution in [-0.2, 0) is 0 Å². The van der Waals surface area contributed by atoms with E-state index in [9.17, 15) is 0 Å². The number of aromatic amines is 1. The van der Waals surface area contributed by atoms with Gasteiger partial charge in [-0.25, -0.2) is 4.98 Å². The molecule has 1 N–H and O–H groups in total. The molecule has 1 heterocycles. The Kier molecular flexibility index (Phi) is 2.34. The molecule has 2 aromatic rings. The molecule has 0 aliphatic heterocycles. The van der Waals surface area contributed by atoms with Gasteiger partial charge in [-0.3, -0.25) is 0 Å². The maximum absolute atomic E-state index is 8.66. The van der Waals surface area contributed by atoms with Gasteiger partial charge in [-0.15, -0.1) is 0 Å². The van der Waals surface area contributed by atoms with E-state index < -0.39 is 0 Å². The first-order chi connectivity index (χ1) is 7.31. The summed E-state index contributed by atoms with van der Waals surface area (Å²) in [5.74, 6) is 0.750. The highest BCUT2D eigenvalue weighted by molar-refractivity contribution is 5.74. The predicted octanol–water partition coefficient (Wildman–Crippen LogP) is 2.34. The summed E-state index contributed by atoms with van der Waals surface area (Å²) in [4.78, 5) is 7.10. The highest BCUT2D eigenvalue weighted by atomic mass is 14.9. The third-order valence-electron chi connectivity index (χ3n) is 2.15. The molecule has 0 saturated heterocycles. The molecule has 0 spiro atoms. The van der Waals surface area contributed by atoms with Crippen LogP contribution >= 0.6 is 0 Å². The third kappa shape index (κ3) is 1.79. The first-order valence-electron chi connectivity index (χ1n) is 4.50. The lowest BCUT2D eigenvalue weighted by atomic mass is 10.1. The second kappa shape index (κ2) is 3.81. The van der Waals surface area contributed by atoms with E-state index in [2.05, 4.69) is 22.6 Å². The van der Waals surface area contributed by atoms with E-state index in [0.717, 1.165) is 17.0 Å². The molecule has 72 valence electrons. The summed E-state index contributed by atoms with van der Waals surface area (Å²) in [6.45, 7) is 3.95. The lowest BCUT2D eigenvalue weighted by Crippen LogP contribution is -1.88. The molecular weight excluding hydrogens is 186 g/mol. The second-order valence-electron chi connectivity index (χ2n) is 3.11. The highest BCUT2D eigenvalue weighted by Gasteiger charge is 2.03. The zero-order chi connectivity index (χ0) is 10.7. The standard InChI is InChI=1S/C12H9N3/c1-9(12-14-6-7-15-12)11-4-2-10(8-13)3-5-11/h2-7H,1H2,(H,14,15). The summed E-state index contributed by atoms with van der Waals surface area (Å²) in [6, 6.07) is 9.34. The van der Waals surface area contributed by atoms with Crippen LogP contribution in [0.4, 0.5) is 0 Å². The van der Waals surface area contributed by atoms with E-state index in [1.165, 1.54) is 0 Å². The van der Waals surface area contributed by atoms with Gasteiger partial charge in [-0.1, -0.05) is 18.7 Å². The Morgan fingerprint density at radius 1 is 1.33 bits per heavy atom. The number of nitrogens with zero attached hydrogens (tertiary/aromatic N) is 2. The van der Waals surface area contributed by atoms with Crippen molar-refractivity contribution in [1.29, 1.82) is 5.26 Å². The molecule has 0 aliphatic rings. The van der Waals surface area contributed by atoms with E-state index >= 15 is 0 Å². The number of H-pyrrole nitrogens is 1. The number of nitriles is 1. The highest BCUT2D eigenvalue weighted by Crippen LogP contribution is 2.18. The molecule has 0 saturated carbocycles.